The molecule has 178 valence electrons. The van der Waals surface area contributed by atoms with Gasteiger partial charge in [0.25, 0.3) is 0 Å². The SMILES string of the molecule is CN(c1cnc(C(F)(F)F)cn1)C1CCC2(CC1)CN(C(=O)N1CC[C@H](c3ncn[nH]3)C1)C2. The molecule has 0 bridgehead atoms. The molecular formula is C21H27F3N8O. The molecule has 2 amide bonds. The van der Waals surface area contributed by atoms with Gasteiger partial charge < -0.3 is 14.7 Å². The lowest BCUT2D eigenvalue weighted by molar-refractivity contribution is -0.141. The maximum atomic E-state index is 12.9. The molecule has 1 N–H and O–H groups in total. The number of likely N-dealkylation sites (tertiary alicyclic amines) is 2. The van der Waals surface area contributed by atoms with E-state index in [1.54, 1.807) is 0 Å². The Morgan fingerprint density at radius 3 is 2.48 bits per heavy atom. The van der Waals surface area contributed by atoms with Crippen LogP contribution in [0.15, 0.2) is 18.7 Å². The summed E-state index contributed by atoms with van der Waals surface area (Å²) in [5.41, 5.74) is -0.824. The highest BCUT2D eigenvalue weighted by molar-refractivity contribution is 5.76. The van der Waals surface area contributed by atoms with Crippen molar-refractivity contribution in [3.8, 4) is 0 Å². The van der Waals surface area contributed by atoms with Gasteiger partial charge in [-0.05, 0) is 32.1 Å². The second kappa shape index (κ2) is 8.14. The minimum atomic E-state index is -4.49. The van der Waals surface area contributed by atoms with E-state index in [0.717, 1.165) is 63.8 Å². The van der Waals surface area contributed by atoms with Gasteiger partial charge in [-0.25, -0.2) is 19.7 Å². The van der Waals surface area contributed by atoms with Gasteiger partial charge in [-0.1, -0.05) is 0 Å². The molecule has 1 atom stereocenters. The standard InChI is InChI=1S/C21H27F3N8O/c1-30(17-9-25-16(8-26-17)21(22,23)24)15-2-5-20(6-3-15)11-32(12-20)19(33)31-7-4-14(10-31)18-27-13-28-29-18/h8-9,13-15H,2-7,10-12H2,1H3,(H,27,28,29)/t14-/m0/s1. The van der Waals surface area contributed by atoms with Crippen molar-refractivity contribution in [2.75, 3.05) is 38.1 Å². The number of hydrogen-bond acceptors (Lipinski definition) is 6. The molecule has 2 aromatic rings. The van der Waals surface area contributed by atoms with E-state index in [4.69, 9.17) is 0 Å². The number of anilines is 1. The molecule has 9 nitrogen and oxygen atoms in total. The molecule has 2 saturated heterocycles. The molecule has 1 aliphatic carbocycles. The number of amides is 2. The second-order valence-electron chi connectivity index (χ2n) is 9.54. The number of nitrogens with zero attached hydrogens (tertiary/aromatic N) is 7. The minimum Gasteiger partial charge on any atom is -0.355 e. The van der Waals surface area contributed by atoms with Gasteiger partial charge in [0, 0.05) is 50.6 Å². The Kier molecular flexibility index (Phi) is 5.40. The van der Waals surface area contributed by atoms with Gasteiger partial charge in [0.1, 0.15) is 18.0 Å². The Labute approximate surface area is 189 Å². The average molecular weight is 464 g/mol. The molecule has 3 fully saturated rings. The number of nitrogens with one attached hydrogen (secondary N) is 1. The Hall–Kier alpha value is -2.92. The van der Waals surface area contributed by atoms with Gasteiger partial charge in [-0.2, -0.15) is 18.3 Å². The third-order valence-electron chi connectivity index (χ3n) is 7.46. The topological polar surface area (TPSA) is 94.1 Å². The quantitative estimate of drug-likeness (QED) is 0.751. The van der Waals surface area contributed by atoms with Crippen LogP contribution in [-0.2, 0) is 6.18 Å². The van der Waals surface area contributed by atoms with Crippen LogP contribution < -0.4 is 4.90 Å². The number of aromatic nitrogens is 5. The number of aromatic amines is 1. The van der Waals surface area contributed by atoms with E-state index in [9.17, 15) is 18.0 Å². The molecule has 0 aromatic carbocycles. The molecule has 0 radical (unpaired) electrons. The van der Waals surface area contributed by atoms with E-state index in [0.29, 0.717) is 12.4 Å². The van der Waals surface area contributed by atoms with E-state index in [-0.39, 0.29) is 23.4 Å². The van der Waals surface area contributed by atoms with Crippen LogP contribution in [0.3, 0.4) is 0 Å². The predicted octanol–water partition coefficient (Wildman–Crippen LogP) is 2.90. The summed E-state index contributed by atoms with van der Waals surface area (Å²) in [6.07, 6.45) is 3.69. The van der Waals surface area contributed by atoms with Crippen LogP contribution in [0.1, 0.15) is 49.5 Å². The van der Waals surface area contributed by atoms with Crippen LogP contribution in [0.25, 0.3) is 0 Å². The summed E-state index contributed by atoms with van der Waals surface area (Å²) in [5, 5.41) is 6.80. The third-order valence-corrected chi connectivity index (χ3v) is 7.46. The zero-order valence-electron chi connectivity index (χ0n) is 18.4. The van der Waals surface area contributed by atoms with Crippen LogP contribution in [0.4, 0.5) is 23.8 Å². The number of alkyl halides is 3. The summed E-state index contributed by atoms with van der Waals surface area (Å²) < 4.78 is 38.2. The van der Waals surface area contributed by atoms with Gasteiger partial charge in [-0.15, -0.1) is 0 Å². The monoisotopic (exact) mass is 464 g/mol. The summed E-state index contributed by atoms with van der Waals surface area (Å²) >= 11 is 0. The molecule has 2 aromatic heterocycles. The highest BCUT2D eigenvalue weighted by Crippen LogP contribution is 2.45. The number of hydrogen-bond donors (Lipinski definition) is 1. The second-order valence-corrected chi connectivity index (χ2v) is 9.54. The van der Waals surface area contributed by atoms with Crippen LogP contribution in [0, 0.1) is 5.41 Å². The van der Waals surface area contributed by atoms with Crippen LogP contribution in [0.5, 0.6) is 0 Å². The Morgan fingerprint density at radius 2 is 1.88 bits per heavy atom. The van der Waals surface area contributed by atoms with Crippen LogP contribution in [0.2, 0.25) is 0 Å². The fourth-order valence-corrected chi connectivity index (χ4v) is 5.42. The maximum Gasteiger partial charge on any atom is 0.434 e. The molecular weight excluding hydrogens is 437 g/mol. The molecule has 33 heavy (non-hydrogen) atoms. The fourth-order valence-electron chi connectivity index (χ4n) is 5.42. The Morgan fingerprint density at radius 1 is 1.12 bits per heavy atom. The highest BCUT2D eigenvalue weighted by Gasteiger charge is 2.49. The third kappa shape index (κ3) is 4.22. The van der Waals surface area contributed by atoms with E-state index < -0.39 is 11.9 Å². The van der Waals surface area contributed by atoms with Crippen molar-refractivity contribution in [3.63, 3.8) is 0 Å². The first-order valence-electron chi connectivity index (χ1n) is 11.3. The molecule has 1 spiro atoms. The Bertz CT molecular complexity index is 964. The molecule has 1 saturated carbocycles. The van der Waals surface area contributed by atoms with Crippen molar-refractivity contribution in [2.45, 2.75) is 50.2 Å². The maximum absolute atomic E-state index is 12.9. The zero-order valence-corrected chi connectivity index (χ0v) is 18.4. The van der Waals surface area contributed by atoms with Crippen molar-refractivity contribution < 1.29 is 18.0 Å². The first-order chi connectivity index (χ1) is 15.7. The molecule has 0 unspecified atom stereocenters. The molecule has 2 aliphatic heterocycles. The summed E-state index contributed by atoms with van der Waals surface area (Å²) in [5.74, 6) is 1.50. The lowest BCUT2D eigenvalue weighted by Gasteiger charge is -2.54. The number of urea groups is 1. The summed E-state index contributed by atoms with van der Waals surface area (Å²) in [7, 11) is 1.86. The van der Waals surface area contributed by atoms with Crippen molar-refractivity contribution >= 4 is 11.8 Å². The summed E-state index contributed by atoms with van der Waals surface area (Å²) in [4.78, 5) is 30.4. The zero-order chi connectivity index (χ0) is 23.2. The number of carbonyl (C=O) groups excluding carboxylic acids is 1. The molecule has 5 rings (SSSR count). The number of H-pyrrole nitrogens is 1. The van der Waals surface area contributed by atoms with Gasteiger partial charge in [0.15, 0.2) is 5.69 Å². The van der Waals surface area contributed by atoms with Crippen LogP contribution in [-0.4, -0.2) is 80.2 Å². The van der Waals surface area contributed by atoms with Crippen molar-refractivity contribution in [1.29, 1.82) is 0 Å². The van der Waals surface area contributed by atoms with Crippen molar-refractivity contribution in [1.82, 2.24) is 34.9 Å². The van der Waals surface area contributed by atoms with E-state index >= 15 is 0 Å². The van der Waals surface area contributed by atoms with Gasteiger partial charge in [-0.3, -0.25) is 5.10 Å². The lowest BCUT2D eigenvalue weighted by Crippen LogP contribution is -2.62. The number of carbonyl (C=O) groups is 1. The van der Waals surface area contributed by atoms with E-state index in [1.807, 2.05) is 21.7 Å². The van der Waals surface area contributed by atoms with E-state index in [2.05, 4.69) is 25.1 Å². The first kappa shape index (κ1) is 21.9. The predicted molar refractivity (Wildman–Crippen MR) is 112 cm³/mol. The van der Waals surface area contributed by atoms with Crippen molar-refractivity contribution in [3.05, 3.63) is 30.2 Å². The molecule has 3 aliphatic rings. The average Bonchev–Trinajstić information content (AvgIpc) is 3.48. The molecule has 12 heteroatoms. The smallest absolute Gasteiger partial charge is 0.355 e. The van der Waals surface area contributed by atoms with Gasteiger partial charge in [0.2, 0.25) is 0 Å². The molecule has 4 heterocycles. The lowest BCUT2D eigenvalue weighted by atomic mass is 9.67. The van der Waals surface area contributed by atoms with Crippen LogP contribution >= 0.6 is 0 Å². The number of halogens is 3. The normalized spacial score (nSPS) is 23.1. The van der Waals surface area contributed by atoms with E-state index in [1.165, 1.54) is 12.5 Å². The van der Waals surface area contributed by atoms with Gasteiger partial charge >= 0.3 is 12.2 Å². The highest BCUT2D eigenvalue weighted by atomic mass is 19.4. The van der Waals surface area contributed by atoms with Crippen molar-refractivity contribution in [2.24, 2.45) is 5.41 Å². The minimum absolute atomic E-state index is 0.0990. The van der Waals surface area contributed by atoms with Gasteiger partial charge in [0.05, 0.1) is 12.4 Å². The first-order valence-corrected chi connectivity index (χ1v) is 11.3. The summed E-state index contributed by atoms with van der Waals surface area (Å²) in [6, 6.07) is 0.301. The number of rotatable bonds is 3. The Balaban J connectivity index is 1.11. The fraction of sp³-hybridized carbons (Fsp3) is 0.667. The largest absolute Gasteiger partial charge is 0.434 e. The summed E-state index contributed by atoms with van der Waals surface area (Å²) in [6.45, 7) is 2.94.